The standard InChI is InChI=1S/C18H25N3O2/c1-3-19-17(21-14-8-12(14)2)20-10-18(6-7-18)13-4-5-15-16(9-13)23-11-22-15/h4-5,9,12,14H,3,6-8,10-11H2,1-2H3,(H2,19,20,21). The van der Waals surface area contributed by atoms with Crippen molar-refractivity contribution in [1.29, 1.82) is 0 Å². The molecule has 5 nitrogen and oxygen atoms in total. The molecule has 0 bridgehead atoms. The topological polar surface area (TPSA) is 54.9 Å². The number of nitrogens with one attached hydrogen (secondary N) is 2. The molecule has 0 aromatic heterocycles. The summed E-state index contributed by atoms with van der Waals surface area (Å²) < 4.78 is 10.9. The van der Waals surface area contributed by atoms with Crippen LogP contribution in [-0.2, 0) is 5.41 Å². The molecule has 4 rings (SSSR count). The van der Waals surface area contributed by atoms with E-state index in [1.807, 2.05) is 6.07 Å². The Bertz CT molecular complexity index is 625. The first-order valence-corrected chi connectivity index (χ1v) is 8.65. The predicted molar refractivity (Wildman–Crippen MR) is 90.2 cm³/mol. The van der Waals surface area contributed by atoms with Gasteiger partial charge < -0.3 is 20.1 Å². The molecule has 1 aliphatic heterocycles. The minimum absolute atomic E-state index is 0.179. The molecule has 1 heterocycles. The third kappa shape index (κ3) is 2.96. The molecule has 3 aliphatic rings. The number of hydrogen-bond donors (Lipinski definition) is 2. The normalized spacial score (nSPS) is 26.8. The van der Waals surface area contributed by atoms with E-state index in [1.165, 1.54) is 24.8 Å². The van der Waals surface area contributed by atoms with E-state index < -0.39 is 0 Å². The minimum Gasteiger partial charge on any atom is -0.454 e. The summed E-state index contributed by atoms with van der Waals surface area (Å²) in [7, 11) is 0. The molecule has 2 N–H and O–H groups in total. The minimum atomic E-state index is 0.179. The number of hydrogen-bond acceptors (Lipinski definition) is 3. The first kappa shape index (κ1) is 14.7. The van der Waals surface area contributed by atoms with Gasteiger partial charge in [0.25, 0.3) is 0 Å². The van der Waals surface area contributed by atoms with Crippen LogP contribution < -0.4 is 20.1 Å². The number of guanidine groups is 1. The van der Waals surface area contributed by atoms with Gasteiger partial charge in [0.05, 0.1) is 6.54 Å². The first-order chi connectivity index (χ1) is 11.2. The third-order valence-corrected chi connectivity index (χ3v) is 5.15. The van der Waals surface area contributed by atoms with Gasteiger partial charge in [0.15, 0.2) is 17.5 Å². The number of nitrogens with zero attached hydrogens (tertiary/aromatic N) is 1. The van der Waals surface area contributed by atoms with Gasteiger partial charge >= 0.3 is 0 Å². The first-order valence-electron chi connectivity index (χ1n) is 8.65. The highest BCUT2D eigenvalue weighted by Gasteiger charge is 2.45. The molecular weight excluding hydrogens is 290 g/mol. The van der Waals surface area contributed by atoms with Crippen LogP contribution in [0.25, 0.3) is 0 Å². The van der Waals surface area contributed by atoms with Gasteiger partial charge in [-0.2, -0.15) is 0 Å². The Morgan fingerprint density at radius 1 is 1.30 bits per heavy atom. The molecule has 2 saturated carbocycles. The van der Waals surface area contributed by atoms with Crippen LogP contribution in [0.15, 0.2) is 23.2 Å². The largest absolute Gasteiger partial charge is 0.454 e. The van der Waals surface area contributed by atoms with Gasteiger partial charge in [-0.15, -0.1) is 0 Å². The van der Waals surface area contributed by atoms with Crippen LogP contribution in [0, 0.1) is 5.92 Å². The maximum absolute atomic E-state index is 5.52. The highest BCUT2D eigenvalue weighted by molar-refractivity contribution is 5.80. The molecule has 124 valence electrons. The van der Waals surface area contributed by atoms with E-state index in [0.29, 0.717) is 12.8 Å². The average molecular weight is 315 g/mol. The Kier molecular flexibility index (Phi) is 3.58. The maximum Gasteiger partial charge on any atom is 0.231 e. The van der Waals surface area contributed by atoms with Crippen molar-refractivity contribution in [3.63, 3.8) is 0 Å². The van der Waals surface area contributed by atoms with Gasteiger partial charge in [-0.05, 0) is 49.8 Å². The fourth-order valence-corrected chi connectivity index (χ4v) is 3.16. The Hall–Kier alpha value is -1.91. The molecule has 0 saturated heterocycles. The maximum atomic E-state index is 5.52. The number of benzene rings is 1. The van der Waals surface area contributed by atoms with Crippen molar-refractivity contribution in [3.8, 4) is 11.5 Å². The van der Waals surface area contributed by atoms with Crippen LogP contribution in [0.2, 0.25) is 0 Å². The quantitative estimate of drug-likeness (QED) is 0.647. The summed E-state index contributed by atoms with van der Waals surface area (Å²) in [4.78, 5) is 4.85. The van der Waals surface area contributed by atoms with Crippen LogP contribution in [0.1, 0.15) is 38.7 Å². The summed E-state index contributed by atoms with van der Waals surface area (Å²) in [5.41, 5.74) is 1.50. The summed E-state index contributed by atoms with van der Waals surface area (Å²) >= 11 is 0. The Morgan fingerprint density at radius 2 is 2.09 bits per heavy atom. The third-order valence-electron chi connectivity index (χ3n) is 5.15. The van der Waals surface area contributed by atoms with E-state index >= 15 is 0 Å². The van der Waals surface area contributed by atoms with E-state index in [1.54, 1.807) is 0 Å². The van der Waals surface area contributed by atoms with E-state index in [9.17, 15) is 0 Å². The second kappa shape index (κ2) is 5.62. The second-order valence-corrected chi connectivity index (χ2v) is 7.01. The second-order valence-electron chi connectivity index (χ2n) is 7.01. The van der Waals surface area contributed by atoms with Crippen molar-refractivity contribution in [3.05, 3.63) is 23.8 Å². The molecule has 5 heteroatoms. The predicted octanol–water partition coefficient (Wildman–Crippen LogP) is 2.41. The lowest BCUT2D eigenvalue weighted by Gasteiger charge is -2.16. The molecule has 2 fully saturated rings. The van der Waals surface area contributed by atoms with E-state index in [4.69, 9.17) is 14.5 Å². The van der Waals surface area contributed by atoms with Crippen molar-refractivity contribution in [2.24, 2.45) is 10.9 Å². The Labute approximate surface area is 137 Å². The molecule has 1 aromatic carbocycles. The van der Waals surface area contributed by atoms with E-state index in [0.717, 1.165) is 36.5 Å². The number of rotatable bonds is 5. The summed E-state index contributed by atoms with van der Waals surface area (Å²) in [5.74, 6) is 3.44. The van der Waals surface area contributed by atoms with Gasteiger partial charge in [-0.1, -0.05) is 13.0 Å². The van der Waals surface area contributed by atoms with Crippen molar-refractivity contribution in [2.75, 3.05) is 19.9 Å². The van der Waals surface area contributed by atoms with E-state index in [2.05, 4.69) is 36.6 Å². The van der Waals surface area contributed by atoms with E-state index in [-0.39, 0.29) is 5.41 Å². The fraction of sp³-hybridized carbons (Fsp3) is 0.611. The average Bonchev–Trinajstić information content (AvgIpc) is 3.43. The van der Waals surface area contributed by atoms with Gasteiger partial charge in [0.1, 0.15) is 0 Å². The van der Waals surface area contributed by atoms with Gasteiger partial charge in [-0.3, -0.25) is 4.99 Å². The smallest absolute Gasteiger partial charge is 0.231 e. The van der Waals surface area contributed by atoms with Crippen molar-refractivity contribution in [1.82, 2.24) is 10.6 Å². The summed E-state index contributed by atoms with van der Waals surface area (Å²) in [6, 6.07) is 6.91. The zero-order valence-corrected chi connectivity index (χ0v) is 13.9. The van der Waals surface area contributed by atoms with Gasteiger partial charge in [0, 0.05) is 18.0 Å². The zero-order valence-electron chi connectivity index (χ0n) is 13.9. The van der Waals surface area contributed by atoms with Crippen molar-refractivity contribution in [2.45, 2.75) is 44.6 Å². The molecule has 2 unspecified atom stereocenters. The van der Waals surface area contributed by atoms with Crippen LogP contribution in [0.4, 0.5) is 0 Å². The summed E-state index contributed by atoms with van der Waals surface area (Å²) in [6.45, 7) is 6.43. The lowest BCUT2D eigenvalue weighted by Crippen LogP contribution is -2.39. The summed E-state index contributed by atoms with van der Waals surface area (Å²) in [6.07, 6.45) is 3.63. The number of aliphatic imine (C=N–C) groups is 1. The van der Waals surface area contributed by atoms with Gasteiger partial charge in [-0.25, -0.2) is 0 Å². The van der Waals surface area contributed by atoms with Crippen LogP contribution in [0.5, 0.6) is 11.5 Å². The zero-order chi connectivity index (χ0) is 15.9. The van der Waals surface area contributed by atoms with Crippen molar-refractivity contribution < 1.29 is 9.47 Å². The molecule has 2 atom stereocenters. The molecular formula is C18H25N3O2. The molecule has 2 aliphatic carbocycles. The monoisotopic (exact) mass is 315 g/mol. The van der Waals surface area contributed by atoms with Crippen LogP contribution in [-0.4, -0.2) is 31.9 Å². The molecule has 0 spiro atoms. The van der Waals surface area contributed by atoms with Crippen LogP contribution >= 0.6 is 0 Å². The SMILES string of the molecule is CCNC(=NCC1(c2ccc3c(c2)OCO3)CC1)NC1CC1C. The highest BCUT2D eigenvalue weighted by atomic mass is 16.7. The molecule has 23 heavy (non-hydrogen) atoms. The number of fused-ring (bicyclic) bond motifs is 1. The molecule has 0 amide bonds. The Balaban J connectivity index is 1.47. The van der Waals surface area contributed by atoms with Crippen LogP contribution in [0.3, 0.4) is 0 Å². The lowest BCUT2D eigenvalue weighted by atomic mass is 9.96. The molecule has 1 aromatic rings. The fourth-order valence-electron chi connectivity index (χ4n) is 3.16. The molecule has 0 radical (unpaired) electrons. The van der Waals surface area contributed by atoms with Gasteiger partial charge in [0.2, 0.25) is 6.79 Å². The summed E-state index contributed by atoms with van der Waals surface area (Å²) in [5, 5.41) is 6.89. The lowest BCUT2D eigenvalue weighted by molar-refractivity contribution is 0.174. The van der Waals surface area contributed by atoms with Crippen molar-refractivity contribution >= 4 is 5.96 Å². The number of ether oxygens (including phenoxy) is 2. The Morgan fingerprint density at radius 3 is 2.78 bits per heavy atom. The highest BCUT2D eigenvalue weighted by Crippen LogP contribution is 2.50.